The number of nitrogens with zero attached hydrogens (tertiary/aromatic N) is 4. The van der Waals surface area contributed by atoms with Crippen LogP contribution in [-0.4, -0.2) is 59.7 Å². The van der Waals surface area contributed by atoms with Gasteiger partial charge in [-0.1, -0.05) is 6.92 Å². The molecule has 0 amide bonds. The maximum absolute atomic E-state index is 5.57. The zero-order valence-electron chi connectivity index (χ0n) is 12.0. The monoisotopic (exact) mass is 265 g/mol. The van der Waals surface area contributed by atoms with Gasteiger partial charge in [-0.2, -0.15) is 4.98 Å². The van der Waals surface area contributed by atoms with Crippen molar-refractivity contribution in [2.75, 3.05) is 45.3 Å². The molecule has 0 radical (unpaired) electrons. The summed E-state index contributed by atoms with van der Waals surface area (Å²) in [7, 11) is 2.14. The van der Waals surface area contributed by atoms with Crippen LogP contribution in [0.4, 0.5) is 5.95 Å². The summed E-state index contributed by atoms with van der Waals surface area (Å²) in [4.78, 5) is 11.1. The second-order valence-electron chi connectivity index (χ2n) is 4.92. The largest absolute Gasteiger partial charge is 0.478 e. The lowest BCUT2D eigenvalue weighted by Gasteiger charge is -2.32. The molecule has 2 rings (SSSR count). The fourth-order valence-corrected chi connectivity index (χ4v) is 1.93. The lowest BCUT2D eigenvalue weighted by atomic mass is 10.4. The molecule has 1 fully saturated rings. The normalized spacial score (nSPS) is 17.4. The number of rotatable bonds is 5. The molecule has 1 aliphatic rings. The summed E-state index contributed by atoms with van der Waals surface area (Å²) in [6, 6.07) is 1.87. The molecule has 0 bridgehead atoms. The highest BCUT2D eigenvalue weighted by molar-refractivity contribution is 5.29. The van der Waals surface area contributed by atoms with E-state index in [0.29, 0.717) is 18.4 Å². The Kier molecular flexibility index (Phi) is 4.93. The topological polar surface area (TPSA) is 53.5 Å². The molecular formula is C13H23N5O. The summed E-state index contributed by atoms with van der Waals surface area (Å²) >= 11 is 0. The van der Waals surface area contributed by atoms with Gasteiger partial charge in [0.25, 0.3) is 0 Å². The van der Waals surface area contributed by atoms with Crippen molar-refractivity contribution in [1.29, 1.82) is 0 Å². The van der Waals surface area contributed by atoms with Crippen molar-refractivity contribution in [2.45, 2.75) is 20.3 Å². The number of hydrazine groups is 1. The number of anilines is 1. The highest BCUT2D eigenvalue weighted by Gasteiger charge is 2.14. The van der Waals surface area contributed by atoms with Crippen LogP contribution in [0, 0.1) is 6.92 Å². The minimum absolute atomic E-state index is 0.621. The molecule has 106 valence electrons. The van der Waals surface area contributed by atoms with E-state index in [9.17, 15) is 0 Å². The summed E-state index contributed by atoms with van der Waals surface area (Å²) < 4.78 is 5.57. The molecule has 19 heavy (non-hydrogen) atoms. The van der Waals surface area contributed by atoms with E-state index in [4.69, 9.17) is 4.74 Å². The predicted octanol–water partition coefficient (Wildman–Crippen LogP) is 1.15. The SMILES string of the molecule is CCCOc1cc(C)nc(NN2CCN(C)CC2)n1. The highest BCUT2D eigenvalue weighted by Crippen LogP contribution is 2.13. The van der Waals surface area contributed by atoms with E-state index in [2.05, 4.69) is 39.3 Å². The Balaban J connectivity index is 1.97. The summed E-state index contributed by atoms with van der Waals surface area (Å²) in [5.41, 5.74) is 4.18. The summed E-state index contributed by atoms with van der Waals surface area (Å²) in [5, 5.41) is 2.15. The quantitative estimate of drug-likeness (QED) is 0.862. The van der Waals surface area contributed by atoms with Crippen LogP contribution in [0.3, 0.4) is 0 Å². The molecule has 0 spiro atoms. The van der Waals surface area contributed by atoms with Crippen LogP contribution in [0.15, 0.2) is 6.07 Å². The van der Waals surface area contributed by atoms with Gasteiger partial charge in [0.1, 0.15) is 0 Å². The fourth-order valence-electron chi connectivity index (χ4n) is 1.93. The maximum atomic E-state index is 5.57. The molecule has 6 nitrogen and oxygen atoms in total. The van der Waals surface area contributed by atoms with Gasteiger partial charge < -0.3 is 9.64 Å². The van der Waals surface area contributed by atoms with Crippen LogP contribution < -0.4 is 10.2 Å². The molecule has 0 atom stereocenters. The molecule has 1 saturated heterocycles. The van der Waals surface area contributed by atoms with Crippen molar-refractivity contribution in [3.05, 3.63) is 11.8 Å². The number of hydrogen-bond donors (Lipinski definition) is 1. The fraction of sp³-hybridized carbons (Fsp3) is 0.692. The molecule has 1 aliphatic heterocycles. The summed E-state index contributed by atoms with van der Waals surface area (Å²) in [6.45, 7) is 8.77. The van der Waals surface area contributed by atoms with E-state index in [1.807, 2.05) is 13.0 Å². The van der Waals surface area contributed by atoms with Crippen molar-refractivity contribution in [2.24, 2.45) is 0 Å². The van der Waals surface area contributed by atoms with Gasteiger partial charge in [-0.05, 0) is 20.4 Å². The zero-order chi connectivity index (χ0) is 13.7. The van der Waals surface area contributed by atoms with Crippen molar-refractivity contribution < 1.29 is 4.74 Å². The molecule has 2 heterocycles. The molecule has 0 saturated carbocycles. The Bertz CT molecular complexity index is 404. The van der Waals surface area contributed by atoms with E-state index in [1.54, 1.807) is 0 Å². The smallest absolute Gasteiger partial charge is 0.241 e. The predicted molar refractivity (Wildman–Crippen MR) is 75.2 cm³/mol. The van der Waals surface area contributed by atoms with Crippen LogP contribution in [-0.2, 0) is 0 Å². The number of aromatic nitrogens is 2. The summed E-state index contributed by atoms with van der Waals surface area (Å²) in [6.07, 6.45) is 0.976. The van der Waals surface area contributed by atoms with Gasteiger partial charge in [0, 0.05) is 37.9 Å². The van der Waals surface area contributed by atoms with E-state index in [0.717, 1.165) is 38.3 Å². The standard InChI is InChI=1S/C13H23N5O/c1-4-9-19-12-10-11(2)14-13(15-12)16-18-7-5-17(3)6-8-18/h10H,4-9H2,1-3H3,(H,14,15,16). The zero-order valence-corrected chi connectivity index (χ0v) is 12.0. The van der Waals surface area contributed by atoms with Crippen LogP contribution in [0.5, 0.6) is 5.88 Å². The first-order valence-electron chi connectivity index (χ1n) is 6.86. The van der Waals surface area contributed by atoms with Gasteiger partial charge in [-0.3, -0.25) is 5.43 Å². The number of nitrogens with one attached hydrogen (secondary N) is 1. The van der Waals surface area contributed by atoms with Crippen LogP contribution >= 0.6 is 0 Å². The van der Waals surface area contributed by atoms with Crippen molar-refractivity contribution in [3.63, 3.8) is 0 Å². The first kappa shape index (κ1) is 14.0. The Morgan fingerprint density at radius 3 is 2.68 bits per heavy atom. The van der Waals surface area contributed by atoms with Gasteiger partial charge in [0.15, 0.2) is 0 Å². The highest BCUT2D eigenvalue weighted by atomic mass is 16.5. The first-order valence-corrected chi connectivity index (χ1v) is 6.86. The Hall–Kier alpha value is -1.40. The van der Waals surface area contributed by atoms with Crippen molar-refractivity contribution in [3.8, 4) is 5.88 Å². The third-order valence-electron chi connectivity index (χ3n) is 3.05. The van der Waals surface area contributed by atoms with Crippen LogP contribution in [0.2, 0.25) is 0 Å². The van der Waals surface area contributed by atoms with Crippen LogP contribution in [0.25, 0.3) is 0 Å². The maximum Gasteiger partial charge on any atom is 0.241 e. The number of ether oxygens (including phenoxy) is 1. The summed E-state index contributed by atoms with van der Waals surface area (Å²) in [5.74, 6) is 1.27. The van der Waals surface area contributed by atoms with E-state index >= 15 is 0 Å². The molecule has 1 aromatic heterocycles. The lowest BCUT2D eigenvalue weighted by molar-refractivity contribution is 0.177. The third-order valence-corrected chi connectivity index (χ3v) is 3.05. The second kappa shape index (κ2) is 6.68. The van der Waals surface area contributed by atoms with E-state index < -0.39 is 0 Å². The lowest BCUT2D eigenvalue weighted by Crippen LogP contribution is -2.47. The average molecular weight is 265 g/mol. The molecule has 1 aromatic rings. The van der Waals surface area contributed by atoms with Crippen LogP contribution in [0.1, 0.15) is 19.0 Å². The van der Waals surface area contributed by atoms with Gasteiger partial charge in [0.05, 0.1) is 6.61 Å². The van der Waals surface area contributed by atoms with Gasteiger partial charge in [-0.15, -0.1) is 0 Å². The first-order chi connectivity index (χ1) is 9.17. The van der Waals surface area contributed by atoms with E-state index in [1.165, 1.54) is 0 Å². The van der Waals surface area contributed by atoms with Gasteiger partial charge in [0.2, 0.25) is 11.8 Å². The molecular weight excluding hydrogens is 242 g/mol. The van der Waals surface area contributed by atoms with E-state index in [-0.39, 0.29) is 0 Å². The third kappa shape index (κ3) is 4.33. The molecule has 0 aromatic carbocycles. The minimum Gasteiger partial charge on any atom is -0.478 e. The molecule has 0 unspecified atom stereocenters. The van der Waals surface area contributed by atoms with Gasteiger partial charge >= 0.3 is 0 Å². The number of aryl methyl sites for hydroxylation is 1. The number of hydrogen-bond acceptors (Lipinski definition) is 6. The average Bonchev–Trinajstić information content (AvgIpc) is 2.38. The molecule has 1 N–H and O–H groups in total. The molecule has 0 aliphatic carbocycles. The van der Waals surface area contributed by atoms with Crippen molar-refractivity contribution in [1.82, 2.24) is 19.9 Å². The van der Waals surface area contributed by atoms with Gasteiger partial charge in [-0.25, -0.2) is 9.99 Å². The second-order valence-corrected chi connectivity index (χ2v) is 4.92. The number of piperazine rings is 1. The Morgan fingerprint density at radius 1 is 1.26 bits per heavy atom. The Labute approximate surface area is 114 Å². The number of likely N-dealkylation sites (N-methyl/N-ethyl adjacent to an activating group) is 1. The minimum atomic E-state index is 0.621. The Morgan fingerprint density at radius 2 is 2.00 bits per heavy atom. The van der Waals surface area contributed by atoms with Crippen molar-refractivity contribution >= 4 is 5.95 Å². The molecule has 6 heteroatoms.